The van der Waals surface area contributed by atoms with Gasteiger partial charge in [0.25, 0.3) is 0 Å². The summed E-state index contributed by atoms with van der Waals surface area (Å²) in [5, 5.41) is 0. The largest absolute Gasteiger partial charge is 0.380 e. The molecular weight excluding hydrogens is 148 g/mol. The van der Waals surface area contributed by atoms with Crippen molar-refractivity contribution in [2.45, 2.75) is 0 Å². The molecule has 0 amide bonds. The molecule has 4 nitrogen and oxygen atoms in total. The van der Waals surface area contributed by atoms with Gasteiger partial charge in [-0.15, -0.1) is 12.4 Å². The van der Waals surface area contributed by atoms with Crippen molar-refractivity contribution >= 4 is 35.8 Å². The lowest BCUT2D eigenvalue weighted by atomic mass is 10.7. The van der Waals surface area contributed by atoms with Crippen LogP contribution < -0.4 is 11.5 Å². The van der Waals surface area contributed by atoms with Gasteiger partial charge < -0.3 is 11.5 Å². The van der Waals surface area contributed by atoms with Crippen LogP contribution in [-0.4, -0.2) is 8.75 Å². The molecule has 1 aromatic rings. The van der Waals surface area contributed by atoms with Gasteiger partial charge in [0, 0.05) is 0 Å². The molecular formula is C2H5ClN4S. The number of aromatic nitrogens is 2. The molecule has 1 aromatic heterocycles. The van der Waals surface area contributed by atoms with Crippen molar-refractivity contribution in [3.63, 3.8) is 0 Å². The Morgan fingerprint density at radius 3 is 1.62 bits per heavy atom. The van der Waals surface area contributed by atoms with Gasteiger partial charge in [-0.3, -0.25) is 0 Å². The molecule has 0 aliphatic rings. The molecule has 0 unspecified atom stereocenters. The maximum absolute atomic E-state index is 5.15. The summed E-state index contributed by atoms with van der Waals surface area (Å²) in [7, 11) is 0. The Labute approximate surface area is 56.6 Å². The Balaban J connectivity index is 0.000000490. The fraction of sp³-hybridized carbons (Fsp3) is 0. The van der Waals surface area contributed by atoms with Crippen molar-refractivity contribution in [2.75, 3.05) is 11.5 Å². The molecule has 0 saturated heterocycles. The van der Waals surface area contributed by atoms with Crippen LogP contribution in [0.25, 0.3) is 0 Å². The average Bonchev–Trinajstić information content (AvgIpc) is 1.91. The first kappa shape index (κ1) is 7.45. The van der Waals surface area contributed by atoms with Gasteiger partial charge in [0.15, 0.2) is 11.6 Å². The van der Waals surface area contributed by atoms with Crippen LogP contribution >= 0.6 is 24.1 Å². The van der Waals surface area contributed by atoms with Crippen molar-refractivity contribution in [3.8, 4) is 0 Å². The van der Waals surface area contributed by atoms with E-state index in [1.54, 1.807) is 0 Å². The summed E-state index contributed by atoms with van der Waals surface area (Å²) in [6.07, 6.45) is 0. The van der Waals surface area contributed by atoms with Gasteiger partial charge in [-0.25, -0.2) is 0 Å². The zero-order valence-electron chi connectivity index (χ0n) is 3.87. The summed E-state index contributed by atoms with van der Waals surface area (Å²) in [6, 6.07) is 0. The van der Waals surface area contributed by atoms with Crippen molar-refractivity contribution in [3.05, 3.63) is 0 Å². The van der Waals surface area contributed by atoms with Crippen molar-refractivity contribution < 1.29 is 0 Å². The van der Waals surface area contributed by atoms with E-state index >= 15 is 0 Å². The Kier molecular flexibility index (Phi) is 2.50. The van der Waals surface area contributed by atoms with Gasteiger partial charge in [0.05, 0.1) is 11.7 Å². The molecule has 0 aromatic carbocycles. The van der Waals surface area contributed by atoms with Gasteiger partial charge in [-0.2, -0.15) is 8.75 Å². The molecule has 0 fully saturated rings. The number of rotatable bonds is 0. The fourth-order valence-electron chi connectivity index (χ4n) is 0.202. The first-order chi connectivity index (χ1) is 3.30. The molecule has 1 heterocycles. The second kappa shape index (κ2) is 2.68. The number of nitrogens with two attached hydrogens (primary N) is 2. The zero-order valence-corrected chi connectivity index (χ0v) is 5.50. The summed E-state index contributed by atoms with van der Waals surface area (Å²) in [5.74, 6) is 0.648. The van der Waals surface area contributed by atoms with Crippen LogP contribution in [0.5, 0.6) is 0 Å². The van der Waals surface area contributed by atoms with Gasteiger partial charge in [0.2, 0.25) is 0 Å². The lowest BCUT2D eigenvalue weighted by Gasteiger charge is -1.77. The van der Waals surface area contributed by atoms with E-state index in [9.17, 15) is 0 Å². The van der Waals surface area contributed by atoms with E-state index in [1.165, 1.54) is 0 Å². The Bertz CT molecular complexity index is 146. The van der Waals surface area contributed by atoms with E-state index in [2.05, 4.69) is 8.75 Å². The second-order valence-electron chi connectivity index (χ2n) is 1.03. The number of halogens is 1. The van der Waals surface area contributed by atoms with Gasteiger partial charge in [-0.1, -0.05) is 0 Å². The fourth-order valence-corrected chi connectivity index (χ4v) is 0.606. The third-order valence-corrected chi connectivity index (χ3v) is 1.10. The lowest BCUT2D eigenvalue weighted by Crippen LogP contribution is -1.91. The van der Waals surface area contributed by atoms with Crippen molar-refractivity contribution in [1.82, 2.24) is 8.75 Å². The highest BCUT2D eigenvalue weighted by atomic mass is 35.5. The van der Waals surface area contributed by atoms with E-state index < -0.39 is 0 Å². The van der Waals surface area contributed by atoms with E-state index in [4.69, 9.17) is 11.5 Å². The van der Waals surface area contributed by atoms with E-state index in [1.807, 2.05) is 0 Å². The van der Waals surface area contributed by atoms with Crippen LogP contribution in [0.4, 0.5) is 11.6 Å². The third kappa shape index (κ3) is 1.21. The smallest absolute Gasteiger partial charge is 0.181 e. The number of nitrogens with zero attached hydrogens (tertiary/aromatic N) is 2. The molecule has 0 bridgehead atoms. The van der Waals surface area contributed by atoms with Crippen LogP contribution in [0.3, 0.4) is 0 Å². The molecule has 0 aliphatic heterocycles. The quantitative estimate of drug-likeness (QED) is 0.554. The topological polar surface area (TPSA) is 77.8 Å². The summed E-state index contributed by atoms with van der Waals surface area (Å²) in [4.78, 5) is 0. The maximum Gasteiger partial charge on any atom is 0.181 e. The van der Waals surface area contributed by atoms with Gasteiger partial charge >= 0.3 is 0 Å². The Morgan fingerprint density at radius 1 is 1.12 bits per heavy atom. The van der Waals surface area contributed by atoms with Crippen LogP contribution in [0.2, 0.25) is 0 Å². The number of hydrogen-bond acceptors (Lipinski definition) is 5. The summed E-state index contributed by atoms with van der Waals surface area (Å²) in [6.45, 7) is 0. The minimum atomic E-state index is 0. The monoisotopic (exact) mass is 152 g/mol. The Morgan fingerprint density at radius 2 is 1.50 bits per heavy atom. The van der Waals surface area contributed by atoms with E-state index in [-0.39, 0.29) is 12.4 Å². The molecule has 4 N–H and O–H groups in total. The minimum Gasteiger partial charge on any atom is -0.380 e. The highest BCUT2D eigenvalue weighted by Gasteiger charge is 1.93. The van der Waals surface area contributed by atoms with Crippen LogP contribution in [0.1, 0.15) is 0 Å². The number of hydrogen-bond donors (Lipinski definition) is 2. The average molecular weight is 153 g/mol. The first-order valence-electron chi connectivity index (χ1n) is 1.64. The molecule has 0 saturated carbocycles. The van der Waals surface area contributed by atoms with E-state index in [0.717, 1.165) is 11.7 Å². The van der Waals surface area contributed by atoms with Crippen molar-refractivity contribution in [2.24, 2.45) is 0 Å². The van der Waals surface area contributed by atoms with Crippen LogP contribution in [0, 0.1) is 0 Å². The first-order valence-corrected chi connectivity index (χ1v) is 2.37. The standard InChI is InChI=1S/C2H4N4S.ClH/c3-1-2(4)6-7-5-1;/h(H2,3,5)(H2,4,6);1H. The lowest BCUT2D eigenvalue weighted by molar-refractivity contribution is 1.52. The molecule has 46 valence electrons. The molecule has 6 heteroatoms. The predicted octanol–water partition coefficient (Wildman–Crippen LogP) is 0.124. The maximum atomic E-state index is 5.15. The third-order valence-electron chi connectivity index (χ3n) is 0.541. The van der Waals surface area contributed by atoms with Crippen LogP contribution in [0.15, 0.2) is 0 Å². The molecule has 8 heavy (non-hydrogen) atoms. The Hall–Kier alpha value is -0.550. The van der Waals surface area contributed by atoms with Gasteiger partial charge in [-0.05, 0) is 0 Å². The summed E-state index contributed by atoms with van der Waals surface area (Å²) in [5.41, 5.74) is 10.3. The molecule has 1 rings (SSSR count). The van der Waals surface area contributed by atoms with Crippen molar-refractivity contribution in [1.29, 1.82) is 0 Å². The normalized spacial score (nSPS) is 8.00. The highest BCUT2D eigenvalue weighted by molar-refractivity contribution is 6.99. The SMILES string of the molecule is Cl.Nc1nsnc1N. The minimum absolute atomic E-state index is 0. The molecule has 0 aliphatic carbocycles. The summed E-state index contributed by atoms with van der Waals surface area (Å²) < 4.78 is 7.20. The highest BCUT2D eigenvalue weighted by Crippen LogP contribution is 2.06. The van der Waals surface area contributed by atoms with Gasteiger partial charge in [0.1, 0.15) is 0 Å². The molecule has 0 atom stereocenters. The molecule has 0 radical (unpaired) electrons. The predicted molar refractivity (Wildman–Crippen MR) is 36.0 cm³/mol. The number of anilines is 2. The van der Waals surface area contributed by atoms with E-state index in [0.29, 0.717) is 11.6 Å². The molecule has 0 spiro atoms. The second-order valence-corrected chi connectivity index (χ2v) is 1.56. The summed E-state index contributed by atoms with van der Waals surface area (Å²) >= 11 is 1.02. The van der Waals surface area contributed by atoms with Crippen LogP contribution in [-0.2, 0) is 0 Å². The number of nitrogen functional groups attached to an aromatic ring is 2. The zero-order chi connectivity index (χ0) is 5.28.